The van der Waals surface area contributed by atoms with Crippen molar-refractivity contribution in [1.29, 1.82) is 0 Å². The lowest BCUT2D eigenvalue weighted by Crippen LogP contribution is -2.04. The largest absolute Gasteiger partial charge is 0.465 e. The van der Waals surface area contributed by atoms with E-state index in [2.05, 4.69) is 10.1 Å². The lowest BCUT2D eigenvalue weighted by Gasteiger charge is -2.10. The SMILES string of the molecule is COC(=O)c1ccc(Cl)c(NCc2ccc(F)c(Cl)c2)c1. The Morgan fingerprint density at radius 1 is 1.19 bits per heavy atom. The number of methoxy groups -OCH3 is 1. The molecule has 0 aliphatic rings. The maximum absolute atomic E-state index is 13.1. The van der Waals surface area contributed by atoms with Crippen LogP contribution in [0, 0.1) is 5.82 Å². The second-order valence-corrected chi connectivity index (χ2v) is 5.10. The number of halogens is 3. The van der Waals surface area contributed by atoms with Gasteiger partial charge < -0.3 is 10.1 Å². The molecule has 0 aliphatic carbocycles. The molecule has 0 saturated carbocycles. The fourth-order valence-corrected chi connectivity index (χ4v) is 2.14. The molecule has 0 radical (unpaired) electrons. The first kappa shape index (κ1) is 15.6. The number of rotatable bonds is 4. The molecule has 6 heteroatoms. The Morgan fingerprint density at radius 2 is 1.95 bits per heavy atom. The minimum absolute atomic E-state index is 0.0590. The highest BCUT2D eigenvalue weighted by atomic mass is 35.5. The second kappa shape index (κ2) is 6.78. The summed E-state index contributed by atoms with van der Waals surface area (Å²) in [5.74, 6) is -0.911. The van der Waals surface area contributed by atoms with Crippen LogP contribution < -0.4 is 5.32 Å². The number of anilines is 1. The van der Waals surface area contributed by atoms with Crippen LogP contribution in [0.1, 0.15) is 15.9 Å². The number of carbonyl (C=O) groups is 1. The quantitative estimate of drug-likeness (QED) is 0.838. The summed E-state index contributed by atoms with van der Waals surface area (Å²) in [6.45, 7) is 0.393. The molecule has 0 unspecified atom stereocenters. The lowest BCUT2D eigenvalue weighted by molar-refractivity contribution is 0.0601. The predicted octanol–water partition coefficient (Wildman–Crippen LogP) is 4.53. The lowest BCUT2D eigenvalue weighted by atomic mass is 10.2. The van der Waals surface area contributed by atoms with Crippen molar-refractivity contribution in [2.24, 2.45) is 0 Å². The fraction of sp³-hybridized carbons (Fsp3) is 0.133. The maximum atomic E-state index is 13.1. The monoisotopic (exact) mass is 327 g/mol. The van der Waals surface area contributed by atoms with E-state index in [0.717, 1.165) is 5.56 Å². The average Bonchev–Trinajstić information content (AvgIpc) is 2.49. The highest BCUT2D eigenvalue weighted by Crippen LogP contribution is 2.24. The van der Waals surface area contributed by atoms with Crippen molar-refractivity contribution >= 4 is 34.9 Å². The number of ether oxygens (including phenoxy) is 1. The normalized spacial score (nSPS) is 10.3. The van der Waals surface area contributed by atoms with Gasteiger partial charge in [0, 0.05) is 6.54 Å². The molecule has 2 aromatic carbocycles. The molecule has 0 aromatic heterocycles. The van der Waals surface area contributed by atoms with Crippen LogP contribution in [0.5, 0.6) is 0 Å². The third-order valence-corrected chi connectivity index (χ3v) is 3.47. The van der Waals surface area contributed by atoms with Gasteiger partial charge >= 0.3 is 5.97 Å². The first-order valence-electron chi connectivity index (χ1n) is 6.07. The van der Waals surface area contributed by atoms with Crippen molar-refractivity contribution in [3.8, 4) is 0 Å². The fourth-order valence-electron chi connectivity index (χ4n) is 1.75. The van der Waals surface area contributed by atoms with E-state index in [1.165, 1.54) is 19.2 Å². The van der Waals surface area contributed by atoms with Crippen LogP contribution in [-0.2, 0) is 11.3 Å². The van der Waals surface area contributed by atoms with Crippen LogP contribution in [0.3, 0.4) is 0 Å². The summed E-state index contributed by atoms with van der Waals surface area (Å²) in [6, 6.07) is 9.22. The zero-order valence-corrected chi connectivity index (χ0v) is 12.6. The van der Waals surface area contributed by atoms with E-state index in [9.17, 15) is 9.18 Å². The zero-order chi connectivity index (χ0) is 15.4. The molecule has 110 valence electrons. The third-order valence-electron chi connectivity index (χ3n) is 2.85. The van der Waals surface area contributed by atoms with Crippen LogP contribution in [0.25, 0.3) is 0 Å². The Kier molecular flexibility index (Phi) is 5.04. The molecular formula is C15H12Cl2FNO2. The van der Waals surface area contributed by atoms with Gasteiger partial charge in [-0.2, -0.15) is 0 Å². The number of carbonyl (C=O) groups excluding carboxylic acids is 1. The van der Waals surface area contributed by atoms with Gasteiger partial charge in [0.05, 0.1) is 28.4 Å². The van der Waals surface area contributed by atoms with E-state index >= 15 is 0 Å². The number of nitrogens with one attached hydrogen (secondary N) is 1. The van der Waals surface area contributed by atoms with Crippen LogP contribution in [0.15, 0.2) is 36.4 Å². The van der Waals surface area contributed by atoms with Crippen molar-refractivity contribution < 1.29 is 13.9 Å². The van der Waals surface area contributed by atoms with Crippen LogP contribution >= 0.6 is 23.2 Å². The van der Waals surface area contributed by atoms with Gasteiger partial charge in [-0.3, -0.25) is 0 Å². The standard InChI is InChI=1S/C15H12Cl2FNO2/c1-21-15(20)10-3-4-11(16)14(7-10)19-8-9-2-5-13(18)12(17)6-9/h2-7,19H,8H2,1H3. The topological polar surface area (TPSA) is 38.3 Å². The summed E-state index contributed by atoms with van der Waals surface area (Å²) in [7, 11) is 1.31. The van der Waals surface area contributed by atoms with Gasteiger partial charge in [-0.1, -0.05) is 29.3 Å². The number of hydrogen-bond acceptors (Lipinski definition) is 3. The van der Waals surface area contributed by atoms with Gasteiger partial charge in [-0.05, 0) is 35.9 Å². The predicted molar refractivity (Wildman–Crippen MR) is 81.5 cm³/mol. The van der Waals surface area contributed by atoms with Gasteiger partial charge in [0.2, 0.25) is 0 Å². The molecule has 0 heterocycles. The summed E-state index contributed by atoms with van der Waals surface area (Å²) < 4.78 is 17.7. The zero-order valence-electron chi connectivity index (χ0n) is 11.1. The maximum Gasteiger partial charge on any atom is 0.337 e. The molecule has 0 fully saturated rings. The molecule has 21 heavy (non-hydrogen) atoms. The van der Waals surface area contributed by atoms with E-state index in [-0.39, 0.29) is 5.02 Å². The smallest absolute Gasteiger partial charge is 0.337 e. The molecule has 3 nitrogen and oxygen atoms in total. The van der Waals surface area contributed by atoms with Crippen molar-refractivity contribution in [3.63, 3.8) is 0 Å². The molecule has 2 rings (SSSR count). The first-order valence-corrected chi connectivity index (χ1v) is 6.82. The molecule has 0 aliphatic heterocycles. The van der Waals surface area contributed by atoms with E-state index in [0.29, 0.717) is 22.8 Å². The van der Waals surface area contributed by atoms with E-state index in [1.807, 2.05) is 0 Å². The second-order valence-electron chi connectivity index (χ2n) is 4.29. The Labute approximate surface area is 131 Å². The highest BCUT2D eigenvalue weighted by Gasteiger charge is 2.09. The summed E-state index contributed by atoms with van der Waals surface area (Å²) in [5.41, 5.74) is 1.77. The summed E-state index contributed by atoms with van der Waals surface area (Å²) in [4.78, 5) is 11.5. The molecule has 2 aromatic rings. The number of hydrogen-bond donors (Lipinski definition) is 1. The minimum Gasteiger partial charge on any atom is -0.465 e. The van der Waals surface area contributed by atoms with Crippen LogP contribution in [-0.4, -0.2) is 13.1 Å². The van der Waals surface area contributed by atoms with Gasteiger partial charge in [0.25, 0.3) is 0 Å². The average molecular weight is 328 g/mol. The Morgan fingerprint density at radius 3 is 2.62 bits per heavy atom. The van der Waals surface area contributed by atoms with E-state index in [4.69, 9.17) is 23.2 Å². The molecule has 1 N–H and O–H groups in total. The van der Waals surface area contributed by atoms with Gasteiger partial charge in [0.1, 0.15) is 5.82 Å². The Hall–Kier alpha value is -1.78. The first-order chi connectivity index (χ1) is 10.0. The molecule has 0 spiro atoms. The summed E-state index contributed by atoms with van der Waals surface area (Å²) in [6.07, 6.45) is 0. The van der Waals surface area contributed by atoms with Gasteiger partial charge in [0.15, 0.2) is 0 Å². The number of benzene rings is 2. The van der Waals surface area contributed by atoms with Crippen molar-refractivity contribution in [3.05, 3.63) is 63.4 Å². The molecule has 0 atom stereocenters. The molecule has 0 bridgehead atoms. The van der Waals surface area contributed by atoms with Crippen LogP contribution in [0.4, 0.5) is 10.1 Å². The molecule has 0 saturated heterocycles. The number of esters is 1. The van der Waals surface area contributed by atoms with Gasteiger partial charge in [-0.25, -0.2) is 9.18 Å². The third kappa shape index (κ3) is 3.86. The van der Waals surface area contributed by atoms with Crippen molar-refractivity contribution in [2.45, 2.75) is 6.54 Å². The van der Waals surface area contributed by atoms with E-state index in [1.54, 1.807) is 24.3 Å². The molecule has 0 amide bonds. The van der Waals surface area contributed by atoms with Crippen molar-refractivity contribution in [2.75, 3.05) is 12.4 Å². The summed E-state index contributed by atoms with van der Waals surface area (Å²) in [5, 5.41) is 3.60. The van der Waals surface area contributed by atoms with Crippen LogP contribution in [0.2, 0.25) is 10.0 Å². The molecular weight excluding hydrogens is 316 g/mol. The van der Waals surface area contributed by atoms with E-state index < -0.39 is 11.8 Å². The Bertz CT molecular complexity index is 677. The minimum atomic E-state index is -0.467. The van der Waals surface area contributed by atoms with Gasteiger partial charge in [-0.15, -0.1) is 0 Å². The Balaban J connectivity index is 2.15. The van der Waals surface area contributed by atoms with Crippen molar-refractivity contribution in [1.82, 2.24) is 0 Å². The summed E-state index contributed by atoms with van der Waals surface area (Å²) >= 11 is 11.8. The highest BCUT2D eigenvalue weighted by molar-refractivity contribution is 6.33.